The average molecular weight is 356 g/mol. The number of benzene rings is 2. The molecule has 0 fully saturated rings. The first-order valence-electron chi connectivity index (χ1n) is 5.78. The van der Waals surface area contributed by atoms with Crippen LogP contribution < -0.4 is 15.8 Å². The van der Waals surface area contributed by atoms with Gasteiger partial charge in [0.2, 0.25) is 0 Å². The van der Waals surface area contributed by atoms with E-state index in [2.05, 4.69) is 21.2 Å². The molecule has 0 aliphatic carbocycles. The molecule has 2 aromatic carbocycles. The number of rotatable bonds is 4. The highest BCUT2D eigenvalue weighted by Gasteiger charge is 2.06. The minimum Gasteiger partial charge on any atom is -0.482 e. The van der Waals surface area contributed by atoms with E-state index in [0.717, 1.165) is 4.47 Å². The number of carbonyl (C=O) groups excluding carboxylic acids is 1. The predicted octanol–water partition coefficient (Wildman–Crippen LogP) is 3.70. The number of nitrogens with two attached hydrogens (primary N) is 1. The Kier molecular flexibility index (Phi) is 4.87. The number of nitrogens with one attached hydrogen (secondary N) is 1. The van der Waals surface area contributed by atoms with Crippen LogP contribution in [-0.2, 0) is 4.79 Å². The van der Waals surface area contributed by atoms with Gasteiger partial charge in [-0.05, 0) is 42.5 Å². The molecule has 4 nitrogen and oxygen atoms in total. The molecule has 1 amide bonds. The number of ether oxygens (including phenoxy) is 1. The summed E-state index contributed by atoms with van der Waals surface area (Å²) >= 11 is 9.27. The molecule has 0 aromatic heterocycles. The van der Waals surface area contributed by atoms with Crippen LogP contribution in [0, 0.1) is 0 Å². The summed E-state index contributed by atoms with van der Waals surface area (Å²) in [5.74, 6) is 0.159. The van der Waals surface area contributed by atoms with E-state index in [1.54, 1.807) is 30.3 Å². The summed E-state index contributed by atoms with van der Waals surface area (Å²) in [4.78, 5) is 11.7. The third kappa shape index (κ3) is 4.15. The van der Waals surface area contributed by atoms with Crippen molar-refractivity contribution < 1.29 is 9.53 Å². The third-order valence-corrected chi connectivity index (χ3v) is 3.27. The van der Waals surface area contributed by atoms with Gasteiger partial charge in [0.05, 0.1) is 5.02 Å². The highest BCUT2D eigenvalue weighted by Crippen LogP contribution is 2.26. The van der Waals surface area contributed by atoms with E-state index in [9.17, 15) is 4.79 Å². The SMILES string of the molecule is Nc1ccc(OCC(=O)Nc2ccc(Br)cc2)c(Cl)c1. The molecule has 0 aliphatic heterocycles. The van der Waals surface area contributed by atoms with E-state index in [4.69, 9.17) is 22.1 Å². The van der Waals surface area contributed by atoms with E-state index in [0.29, 0.717) is 22.1 Å². The number of hydrogen-bond donors (Lipinski definition) is 2. The van der Waals surface area contributed by atoms with Gasteiger partial charge in [0.25, 0.3) is 5.91 Å². The van der Waals surface area contributed by atoms with Gasteiger partial charge in [-0.15, -0.1) is 0 Å². The average Bonchev–Trinajstić information content (AvgIpc) is 2.40. The van der Waals surface area contributed by atoms with Crippen LogP contribution in [0.4, 0.5) is 11.4 Å². The molecule has 0 radical (unpaired) electrons. The van der Waals surface area contributed by atoms with E-state index >= 15 is 0 Å². The van der Waals surface area contributed by atoms with Crippen molar-refractivity contribution in [3.8, 4) is 5.75 Å². The van der Waals surface area contributed by atoms with Crippen molar-refractivity contribution in [1.29, 1.82) is 0 Å². The van der Waals surface area contributed by atoms with Crippen molar-refractivity contribution in [2.24, 2.45) is 0 Å². The van der Waals surface area contributed by atoms with Gasteiger partial charge < -0.3 is 15.8 Å². The smallest absolute Gasteiger partial charge is 0.262 e. The molecule has 104 valence electrons. The second-order valence-electron chi connectivity index (χ2n) is 4.03. The molecule has 0 aliphatic rings. The lowest BCUT2D eigenvalue weighted by molar-refractivity contribution is -0.118. The summed E-state index contributed by atoms with van der Waals surface area (Å²) in [5.41, 5.74) is 6.82. The lowest BCUT2D eigenvalue weighted by atomic mass is 10.3. The Labute approximate surface area is 130 Å². The topological polar surface area (TPSA) is 64.3 Å². The lowest BCUT2D eigenvalue weighted by Crippen LogP contribution is -2.20. The minimum atomic E-state index is -0.264. The molecule has 0 bridgehead atoms. The van der Waals surface area contributed by atoms with Crippen molar-refractivity contribution in [3.63, 3.8) is 0 Å². The Bertz CT molecular complexity index is 617. The largest absolute Gasteiger partial charge is 0.482 e. The lowest BCUT2D eigenvalue weighted by Gasteiger charge is -2.09. The van der Waals surface area contributed by atoms with Crippen molar-refractivity contribution >= 4 is 44.8 Å². The molecule has 6 heteroatoms. The summed E-state index contributed by atoms with van der Waals surface area (Å²) in [7, 11) is 0. The molecule has 2 aromatic rings. The van der Waals surface area contributed by atoms with E-state index in [1.807, 2.05) is 12.1 Å². The molecule has 0 spiro atoms. The second kappa shape index (κ2) is 6.63. The number of carbonyl (C=O) groups is 1. The van der Waals surface area contributed by atoms with Crippen LogP contribution in [0.15, 0.2) is 46.9 Å². The van der Waals surface area contributed by atoms with Gasteiger partial charge in [0.15, 0.2) is 6.61 Å². The molecule has 3 N–H and O–H groups in total. The fourth-order valence-corrected chi connectivity index (χ4v) is 2.02. The van der Waals surface area contributed by atoms with Gasteiger partial charge in [0, 0.05) is 15.8 Å². The van der Waals surface area contributed by atoms with Crippen molar-refractivity contribution in [1.82, 2.24) is 0 Å². The Hall–Kier alpha value is -1.72. The Morgan fingerprint density at radius 3 is 2.60 bits per heavy atom. The number of halogens is 2. The zero-order chi connectivity index (χ0) is 14.5. The first-order valence-corrected chi connectivity index (χ1v) is 6.95. The first kappa shape index (κ1) is 14.7. The third-order valence-electron chi connectivity index (χ3n) is 2.44. The van der Waals surface area contributed by atoms with Gasteiger partial charge in [-0.25, -0.2) is 0 Å². The molecule has 0 saturated heterocycles. The molecule has 0 heterocycles. The van der Waals surface area contributed by atoms with Gasteiger partial charge >= 0.3 is 0 Å². The number of hydrogen-bond acceptors (Lipinski definition) is 3. The highest BCUT2D eigenvalue weighted by molar-refractivity contribution is 9.10. The minimum absolute atomic E-state index is 0.125. The Morgan fingerprint density at radius 2 is 1.95 bits per heavy atom. The van der Waals surface area contributed by atoms with Crippen LogP contribution in [0.2, 0.25) is 5.02 Å². The maximum absolute atomic E-state index is 11.7. The second-order valence-corrected chi connectivity index (χ2v) is 5.36. The highest BCUT2D eigenvalue weighted by atomic mass is 79.9. The van der Waals surface area contributed by atoms with Crippen LogP contribution in [0.1, 0.15) is 0 Å². The summed E-state index contributed by atoms with van der Waals surface area (Å²) in [6.07, 6.45) is 0. The van der Waals surface area contributed by atoms with Crippen molar-refractivity contribution in [3.05, 3.63) is 52.0 Å². The molecule has 20 heavy (non-hydrogen) atoms. The van der Waals surface area contributed by atoms with E-state index < -0.39 is 0 Å². The van der Waals surface area contributed by atoms with Gasteiger partial charge in [-0.2, -0.15) is 0 Å². The zero-order valence-electron chi connectivity index (χ0n) is 10.4. The van der Waals surface area contributed by atoms with E-state index in [1.165, 1.54) is 0 Å². The quantitative estimate of drug-likeness (QED) is 0.822. The Morgan fingerprint density at radius 1 is 1.25 bits per heavy atom. The van der Waals surface area contributed by atoms with Crippen LogP contribution >= 0.6 is 27.5 Å². The van der Waals surface area contributed by atoms with Crippen LogP contribution in [0.25, 0.3) is 0 Å². The fourth-order valence-electron chi connectivity index (χ4n) is 1.51. The van der Waals surface area contributed by atoms with E-state index in [-0.39, 0.29) is 12.5 Å². The summed E-state index contributed by atoms with van der Waals surface area (Å²) in [6.45, 7) is -0.125. The summed E-state index contributed by atoms with van der Waals surface area (Å²) < 4.78 is 6.29. The molecule has 0 unspecified atom stereocenters. The predicted molar refractivity (Wildman–Crippen MR) is 84.1 cm³/mol. The maximum Gasteiger partial charge on any atom is 0.262 e. The van der Waals surface area contributed by atoms with Gasteiger partial charge in [0.1, 0.15) is 5.75 Å². The monoisotopic (exact) mass is 354 g/mol. The van der Waals surface area contributed by atoms with Gasteiger partial charge in [-0.1, -0.05) is 27.5 Å². The molecule has 2 rings (SSSR count). The number of nitrogen functional groups attached to an aromatic ring is 1. The van der Waals surface area contributed by atoms with Crippen LogP contribution in [-0.4, -0.2) is 12.5 Å². The zero-order valence-corrected chi connectivity index (χ0v) is 12.7. The summed E-state index contributed by atoms with van der Waals surface area (Å²) in [6, 6.07) is 12.1. The number of amides is 1. The maximum atomic E-state index is 11.7. The molecular weight excluding hydrogens is 344 g/mol. The molecule has 0 atom stereocenters. The molecule has 0 saturated carbocycles. The van der Waals surface area contributed by atoms with Crippen molar-refractivity contribution in [2.75, 3.05) is 17.7 Å². The normalized spacial score (nSPS) is 10.1. The van der Waals surface area contributed by atoms with Gasteiger partial charge in [-0.3, -0.25) is 4.79 Å². The first-order chi connectivity index (χ1) is 9.54. The summed E-state index contributed by atoms with van der Waals surface area (Å²) in [5, 5.41) is 3.09. The van der Waals surface area contributed by atoms with Crippen LogP contribution in [0.3, 0.4) is 0 Å². The standard InChI is InChI=1S/C14H12BrClN2O2/c15-9-1-4-11(5-2-9)18-14(19)8-20-13-6-3-10(17)7-12(13)16/h1-7H,8,17H2,(H,18,19). The Balaban J connectivity index is 1.90. The van der Waals surface area contributed by atoms with Crippen molar-refractivity contribution in [2.45, 2.75) is 0 Å². The fraction of sp³-hybridized carbons (Fsp3) is 0.0714. The number of anilines is 2. The van der Waals surface area contributed by atoms with Crippen LogP contribution in [0.5, 0.6) is 5.75 Å². The molecular formula is C14H12BrClN2O2.